The maximum atomic E-state index is 11.6. The van der Waals surface area contributed by atoms with Gasteiger partial charge >= 0.3 is 12.1 Å². The highest BCUT2D eigenvalue weighted by Gasteiger charge is 2.27. The number of carbonyl (C=O) groups excluding carboxylic acids is 2. The quantitative estimate of drug-likeness (QED) is 0.750. The maximum absolute atomic E-state index is 11.6. The first-order chi connectivity index (χ1) is 9.30. The topological polar surface area (TPSA) is 76.7 Å². The molecule has 116 valence electrons. The van der Waals surface area contributed by atoms with Crippen molar-refractivity contribution in [2.24, 2.45) is 0 Å². The van der Waals surface area contributed by atoms with E-state index >= 15 is 0 Å². The monoisotopic (exact) mass is 286 g/mol. The molecule has 0 aliphatic heterocycles. The van der Waals surface area contributed by atoms with E-state index in [1.165, 1.54) is 7.11 Å². The molecule has 1 saturated carbocycles. The van der Waals surface area contributed by atoms with Crippen molar-refractivity contribution in [3.63, 3.8) is 0 Å². The third kappa shape index (κ3) is 6.75. The second kappa shape index (κ2) is 7.47. The van der Waals surface area contributed by atoms with Crippen molar-refractivity contribution >= 4 is 12.1 Å². The Morgan fingerprint density at radius 3 is 2.45 bits per heavy atom. The van der Waals surface area contributed by atoms with E-state index in [4.69, 9.17) is 4.74 Å². The van der Waals surface area contributed by atoms with Crippen LogP contribution in [0.4, 0.5) is 4.79 Å². The zero-order valence-corrected chi connectivity index (χ0v) is 12.8. The Balaban J connectivity index is 2.20. The zero-order chi connectivity index (χ0) is 15.2. The van der Waals surface area contributed by atoms with Crippen LogP contribution in [0.1, 0.15) is 46.5 Å². The van der Waals surface area contributed by atoms with Crippen molar-refractivity contribution in [2.45, 2.75) is 64.1 Å². The largest absolute Gasteiger partial charge is 0.469 e. The number of amides is 1. The highest BCUT2D eigenvalue weighted by molar-refractivity contribution is 5.69. The summed E-state index contributed by atoms with van der Waals surface area (Å²) in [4.78, 5) is 22.6. The van der Waals surface area contributed by atoms with Crippen LogP contribution >= 0.6 is 0 Å². The smallest absolute Gasteiger partial charge is 0.407 e. The number of ether oxygens (including phenoxy) is 2. The van der Waals surface area contributed by atoms with E-state index < -0.39 is 5.60 Å². The summed E-state index contributed by atoms with van der Waals surface area (Å²) in [7, 11) is 1.39. The number of esters is 1. The van der Waals surface area contributed by atoms with E-state index in [-0.39, 0.29) is 18.1 Å². The normalized spacial score (nSPS) is 22.4. The summed E-state index contributed by atoms with van der Waals surface area (Å²) in [5.41, 5.74) is -0.471. The van der Waals surface area contributed by atoms with Crippen LogP contribution < -0.4 is 10.6 Å². The SMILES string of the molecule is COC(=O)CCNC1CCC(NC(=O)OC(C)(C)C)C1. The van der Waals surface area contributed by atoms with Crippen LogP contribution in [0.15, 0.2) is 0 Å². The van der Waals surface area contributed by atoms with Crippen molar-refractivity contribution < 1.29 is 19.1 Å². The van der Waals surface area contributed by atoms with Gasteiger partial charge in [-0.2, -0.15) is 0 Å². The fourth-order valence-corrected chi connectivity index (χ4v) is 2.25. The molecule has 0 saturated heterocycles. The molecule has 0 radical (unpaired) electrons. The molecule has 0 spiro atoms. The highest BCUT2D eigenvalue weighted by Crippen LogP contribution is 2.19. The molecule has 6 heteroatoms. The summed E-state index contributed by atoms with van der Waals surface area (Å²) in [6, 6.07) is 0.472. The number of alkyl carbamates (subject to hydrolysis) is 1. The Bertz CT molecular complexity index is 339. The molecule has 1 amide bonds. The van der Waals surface area contributed by atoms with Gasteiger partial charge in [0.05, 0.1) is 13.5 Å². The zero-order valence-electron chi connectivity index (χ0n) is 12.8. The molecule has 2 atom stereocenters. The first-order valence-corrected chi connectivity index (χ1v) is 7.10. The predicted octanol–water partition coefficient (Wildman–Crippen LogP) is 1.58. The second-order valence-electron chi connectivity index (χ2n) is 6.13. The lowest BCUT2D eigenvalue weighted by atomic mass is 10.2. The van der Waals surface area contributed by atoms with E-state index in [1.54, 1.807) is 0 Å². The Morgan fingerprint density at radius 2 is 1.85 bits per heavy atom. The van der Waals surface area contributed by atoms with Gasteiger partial charge in [0.15, 0.2) is 0 Å². The molecular weight excluding hydrogens is 260 g/mol. The minimum Gasteiger partial charge on any atom is -0.469 e. The number of carbonyl (C=O) groups is 2. The van der Waals surface area contributed by atoms with E-state index in [0.717, 1.165) is 19.3 Å². The summed E-state index contributed by atoms with van der Waals surface area (Å²) in [5.74, 6) is -0.209. The molecule has 2 unspecified atom stereocenters. The van der Waals surface area contributed by atoms with Gasteiger partial charge in [0.25, 0.3) is 0 Å². The molecular formula is C14H26N2O4. The maximum Gasteiger partial charge on any atom is 0.407 e. The number of hydrogen-bond donors (Lipinski definition) is 2. The van der Waals surface area contributed by atoms with Crippen LogP contribution in [0, 0.1) is 0 Å². The van der Waals surface area contributed by atoms with Crippen LogP contribution in [0.3, 0.4) is 0 Å². The minimum absolute atomic E-state index is 0.139. The lowest BCUT2D eigenvalue weighted by Crippen LogP contribution is -2.39. The van der Waals surface area contributed by atoms with Crippen molar-refractivity contribution in [1.82, 2.24) is 10.6 Å². The first kappa shape index (κ1) is 16.8. The highest BCUT2D eigenvalue weighted by atomic mass is 16.6. The van der Waals surface area contributed by atoms with Gasteiger partial charge in [0.2, 0.25) is 0 Å². The summed E-state index contributed by atoms with van der Waals surface area (Å²) in [5, 5.41) is 6.19. The Kier molecular flexibility index (Phi) is 6.26. The fourth-order valence-electron chi connectivity index (χ4n) is 2.25. The number of hydrogen-bond acceptors (Lipinski definition) is 5. The third-order valence-corrected chi connectivity index (χ3v) is 3.14. The molecule has 2 N–H and O–H groups in total. The van der Waals surface area contributed by atoms with Crippen LogP contribution in [0.5, 0.6) is 0 Å². The molecule has 1 aliphatic carbocycles. The van der Waals surface area contributed by atoms with Crippen LogP contribution in [0.2, 0.25) is 0 Å². The van der Waals surface area contributed by atoms with Gasteiger partial charge in [0.1, 0.15) is 5.60 Å². The van der Waals surface area contributed by atoms with Gasteiger partial charge in [-0.1, -0.05) is 0 Å². The van der Waals surface area contributed by atoms with Crippen LogP contribution in [-0.2, 0) is 14.3 Å². The summed E-state index contributed by atoms with van der Waals surface area (Å²) in [6.07, 6.45) is 2.78. The lowest BCUT2D eigenvalue weighted by molar-refractivity contribution is -0.140. The Labute approximate surface area is 120 Å². The van der Waals surface area contributed by atoms with Gasteiger partial charge in [-0.25, -0.2) is 4.79 Å². The molecule has 0 aromatic heterocycles. The molecule has 1 rings (SSSR count). The average Bonchev–Trinajstić information content (AvgIpc) is 2.73. The Morgan fingerprint density at radius 1 is 1.20 bits per heavy atom. The first-order valence-electron chi connectivity index (χ1n) is 7.10. The molecule has 1 fully saturated rings. The van der Waals surface area contributed by atoms with E-state index in [9.17, 15) is 9.59 Å². The minimum atomic E-state index is -0.471. The van der Waals surface area contributed by atoms with Gasteiger partial charge in [-0.3, -0.25) is 4.79 Å². The van der Waals surface area contributed by atoms with Crippen molar-refractivity contribution in [1.29, 1.82) is 0 Å². The molecule has 0 aromatic carbocycles. The van der Waals surface area contributed by atoms with Crippen molar-refractivity contribution in [3.05, 3.63) is 0 Å². The standard InChI is InChI=1S/C14H26N2O4/c1-14(2,3)20-13(18)16-11-6-5-10(9-11)15-8-7-12(17)19-4/h10-11,15H,5-9H2,1-4H3,(H,16,18). The van der Waals surface area contributed by atoms with Gasteiger partial charge < -0.3 is 20.1 Å². The molecule has 1 aliphatic rings. The molecule has 20 heavy (non-hydrogen) atoms. The van der Waals surface area contributed by atoms with Gasteiger partial charge in [-0.05, 0) is 40.0 Å². The summed E-state index contributed by atoms with van der Waals surface area (Å²) < 4.78 is 9.81. The van der Waals surface area contributed by atoms with Crippen LogP contribution in [-0.4, -0.2) is 43.4 Å². The lowest BCUT2D eigenvalue weighted by Gasteiger charge is -2.21. The second-order valence-corrected chi connectivity index (χ2v) is 6.13. The van der Waals surface area contributed by atoms with E-state index in [0.29, 0.717) is 19.0 Å². The fraction of sp³-hybridized carbons (Fsp3) is 0.857. The number of rotatable bonds is 5. The van der Waals surface area contributed by atoms with Gasteiger partial charge in [-0.15, -0.1) is 0 Å². The average molecular weight is 286 g/mol. The molecule has 0 heterocycles. The summed E-state index contributed by atoms with van der Waals surface area (Å²) in [6.45, 7) is 6.14. The number of methoxy groups -OCH3 is 1. The molecule has 6 nitrogen and oxygen atoms in total. The molecule has 0 bridgehead atoms. The van der Waals surface area contributed by atoms with E-state index in [1.807, 2.05) is 20.8 Å². The van der Waals surface area contributed by atoms with Crippen molar-refractivity contribution in [2.75, 3.05) is 13.7 Å². The molecule has 0 aromatic rings. The third-order valence-electron chi connectivity index (χ3n) is 3.14. The number of nitrogens with one attached hydrogen (secondary N) is 2. The van der Waals surface area contributed by atoms with Crippen molar-refractivity contribution in [3.8, 4) is 0 Å². The Hall–Kier alpha value is -1.30. The van der Waals surface area contributed by atoms with Gasteiger partial charge in [0, 0.05) is 18.6 Å². The summed E-state index contributed by atoms with van der Waals surface area (Å²) >= 11 is 0. The van der Waals surface area contributed by atoms with Crippen LogP contribution in [0.25, 0.3) is 0 Å². The predicted molar refractivity (Wildman–Crippen MR) is 75.4 cm³/mol. The van der Waals surface area contributed by atoms with E-state index in [2.05, 4.69) is 15.4 Å².